The van der Waals surface area contributed by atoms with Crippen molar-refractivity contribution in [2.75, 3.05) is 0 Å². The SMILES string of the molecule is C#CC(=O)C1CCCCCC1. The molecule has 0 heterocycles. The maximum absolute atomic E-state index is 11.1. The number of Topliss-reactive ketones (excluding diaryl/α,β-unsaturated/α-hetero) is 1. The van der Waals surface area contributed by atoms with Crippen LogP contribution in [0.5, 0.6) is 0 Å². The van der Waals surface area contributed by atoms with Gasteiger partial charge in [-0.15, -0.1) is 6.42 Å². The van der Waals surface area contributed by atoms with Gasteiger partial charge in [0, 0.05) is 5.92 Å². The Hall–Kier alpha value is -0.770. The second-order valence-electron chi connectivity index (χ2n) is 3.20. The normalized spacial score (nSPS) is 20.3. The van der Waals surface area contributed by atoms with E-state index in [0.29, 0.717) is 0 Å². The summed E-state index contributed by atoms with van der Waals surface area (Å²) >= 11 is 0. The highest BCUT2D eigenvalue weighted by Gasteiger charge is 2.17. The lowest BCUT2D eigenvalue weighted by atomic mass is 9.96. The number of hydrogen-bond donors (Lipinski definition) is 0. The fourth-order valence-corrected chi connectivity index (χ4v) is 1.66. The number of ketones is 1. The molecule has 1 nitrogen and oxygen atoms in total. The van der Waals surface area contributed by atoms with Gasteiger partial charge < -0.3 is 0 Å². The topological polar surface area (TPSA) is 17.1 Å². The van der Waals surface area contributed by atoms with E-state index in [4.69, 9.17) is 6.42 Å². The molecule has 11 heavy (non-hydrogen) atoms. The van der Waals surface area contributed by atoms with E-state index in [1.807, 2.05) is 0 Å². The van der Waals surface area contributed by atoms with Crippen molar-refractivity contribution in [3.63, 3.8) is 0 Å². The Kier molecular flexibility index (Phi) is 3.16. The molecule has 0 N–H and O–H groups in total. The molecule has 0 atom stereocenters. The molecule has 1 rings (SSSR count). The first kappa shape index (κ1) is 8.33. The standard InChI is InChI=1S/C10H14O/c1-2-10(11)9-7-5-3-4-6-8-9/h1,9H,3-8H2. The first-order valence-electron chi connectivity index (χ1n) is 4.35. The Labute approximate surface area is 68.2 Å². The van der Waals surface area contributed by atoms with E-state index in [1.165, 1.54) is 25.7 Å². The summed E-state index contributed by atoms with van der Waals surface area (Å²) in [6, 6.07) is 0. The van der Waals surface area contributed by atoms with Crippen molar-refractivity contribution >= 4 is 5.78 Å². The molecule has 1 aliphatic carbocycles. The van der Waals surface area contributed by atoms with E-state index < -0.39 is 0 Å². The maximum atomic E-state index is 11.1. The van der Waals surface area contributed by atoms with E-state index >= 15 is 0 Å². The average molecular weight is 150 g/mol. The highest BCUT2D eigenvalue weighted by molar-refractivity contribution is 5.96. The largest absolute Gasteiger partial charge is 0.285 e. The van der Waals surface area contributed by atoms with Gasteiger partial charge in [0.1, 0.15) is 0 Å². The molecule has 0 spiro atoms. The number of carbonyl (C=O) groups excluding carboxylic acids is 1. The fraction of sp³-hybridized carbons (Fsp3) is 0.700. The predicted octanol–water partition coefficient (Wildman–Crippen LogP) is 2.16. The molecular weight excluding hydrogens is 136 g/mol. The molecule has 0 amide bonds. The van der Waals surface area contributed by atoms with E-state index in [1.54, 1.807) is 0 Å². The number of rotatable bonds is 1. The quantitative estimate of drug-likeness (QED) is 0.318. The van der Waals surface area contributed by atoms with E-state index in [2.05, 4.69) is 5.92 Å². The van der Waals surface area contributed by atoms with Crippen molar-refractivity contribution in [1.29, 1.82) is 0 Å². The third-order valence-electron chi connectivity index (χ3n) is 2.37. The zero-order chi connectivity index (χ0) is 8.10. The molecule has 0 aromatic carbocycles. The maximum Gasteiger partial charge on any atom is 0.208 e. The van der Waals surface area contributed by atoms with Crippen molar-refractivity contribution in [3.05, 3.63) is 0 Å². The monoisotopic (exact) mass is 150 g/mol. The van der Waals surface area contributed by atoms with Crippen molar-refractivity contribution in [3.8, 4) is 12.3 Å². The van der Waals surface area contributed by atoms with Crippen molar-refractivity contribution < 1.29 is 4.79 Å². The van der Waals surface area contributed by atoms with Crippen LogP contribution in [0.4, 0.5) is 0 Å². The summed E-state index contributed by atoms with van der Waals surface area (Å²) in [6.45, 7) is 0. The van der Waals surface area contributed by atoms with E-state index in [0.717, 1.165) is 12.8 Å². The van der Waals surface area contributed by atoms with Crippen LogP contribution in [0.2, 0.25) is 0 Å². The lowest BCUT2D eigenvalue weighted by molar-refractivity contribution is -0.117. The minimum absolute atomic E-state index is 0.0203. The van der Waals surface area contributed by atoms with Crippen LogP contribution in [0.25, 0.3) is 0 Å². The van der Waals surface area contributed by atoms with Crippen LogP contribution >= 0.6 is 0 Å². The van der Waals surface area contributed by atoms with Gasteiger partial charge in [-0.3, -0.25) is 4.79 Å². The average Bonchev–Trinajstić information content (AvgIpc) is 2.30. The Morgan fingerprint density at radius 3 is 2.18 bits per heavy atom. The van der Waals surface area contributed by atoms with Gasteiger partial charge in [0.05, 0.1) is 0 Å². The minimum Gasteiger partial charge on any atom is -0.285 e. The van der Waals surface area contributed by atoms with Gasteiger partial charge in [0.25, 0.3) is 0 Å². The van der Waals surface area contributed by atoms with Crippen LogP contribution in [0.1, 0.15) is 38.5 Å². The number of carbonyl (C=O) groups is 1. The number of terminal acetylenes is 1. The highest BCUT2D eigenvalue weighted by atomic mass is 16.1. The Bertz CT molecular complexity index is 168. The molecule has 1 aliphatic rings. The molecule has 0 aromatic heterocycles. The molecule has 0 aliphatic heterocycles. The predicted molar refractivity (Wildman–Crippen MR) is 45.0 cm³/mol. The first-order valence-corrected chi connectivity index (χ1v) is 4.35. The molecular formula is C10H14O. The number of hydrogen-bond acceptors (Lipinski definition) is 1. The van der Waals surface area contributed by atoms with Gasteiger partial charge in [-0.25, -0.2) is 0 Å². The lowest BCUT2D eigenvalue weighted by Gasteiger charge is -2.06. The second kappa shape index (κ2) is 4.18. The van der Waals surface area contributed by atoms with E-state index in [9.17, 15) is 4.79 Å². The van der Waals surface area contributed by atoms with Gasteiger partial charge in [0.15, 0.2) is 0 Å². The molecule has 1 heteroatoms. The Morgan fingerprint density at radius 2 is 1.73 bits per heavy atom. The third kappa shape index (κ3) is 2.38. The molecule has 0 bridgehead atoms. The molecule has 0 unspecified atom stereocenters. The zero-order valence-corrected chi connectivity index (χ0v) is 6.81. The molecule has 1 saturated carbocycles. The third-order valence-corrected chi connectivity index (χ3v) is 2.37. The van der Waals surface area contributed by atoms with Crippen molar-refractivity contribution in [2.45, 2.75) is 38.5 Å². The molecule has 60 valence electrons. The van der Waals surface area contributed by atoms with Crippen LogP contribution < -0.4 is 0 Å². The van der Waals surface area contributed by atoms with E-state index in [-0.39, 0.29) is 11.7 Å². The van der Waals surface area contributed by atoms with Gasteiger partial charge in [-0.2, -0.15) is 0 Å². The molecule has 0 saturated heterocycles. The first-order chi connectivity index (χ1) is 5.34. The van der Waals surface area contributed by atoms with Crippen molar-refractivity contribution in [2.24, 2.45) is 5.92 Å². The summed E-state index contributed by atoms with van der Waals surface area (Å²) in [5, 5.41) is 0. The lowest BCUT2D eigenvalue weighted by Crippen LogP contribution is -2.10. The summed E-state index contributed by atoms with van der Waals surface area (Å²) in [5.74, 6) is 2.43. The van der Waals surface area contributed by atoms with Gasteiger partial charge in [-0.1, -0.05) is 25.7 Å². The molecule has 0 aromatic rings. The smallest absolute Gasteiger partial charge is 0.208 e. The summed E-state index contributed by atoms with van der Waals surface area (Å²) in [4.78, 5) is 11.1. The van der Waals surface area contributed by atoms with Crippen LogP contribution in [0, 0.1) is 18.3 Å². The van der Waals surface area contributed by atoms with Gasteiger partial charge in [0.2, 0.25) is 5.78 Å². The van der Waals surface area contributed by atoms with Crippen molar-refractivity contribution in [1.82, 2.24) is 0 Å². The van der Waals surface area contributed by atoms with Crippen LogP contribution in [0.3, 0.4) is 0 Å². The summed E-state index contributed by atoms with van der Waals surface area (Å²) < 4.78 is 0. The van der Waals surface area contributed by atoms with Gasteiger partial charge in [-0.05, 0) is 18.8 Å². The summed E-state index contributed by atoms with van der Waals surface area (Å²) in [6.07, 6.45) is 12.0. The fourth-order valence-electron chi connectivity index (χ4n) is 1.66. The Balaban J connectivity index is 2.44. The second-order valence-corrected chi connectivity index (χ2v) is 3.20. The molecule has 1 fully saturated rings. The molecule has 0 radical (unpaired) electrons. The Morgan fingerprint density at radius 1 is 1.18 bits per heavy atom. The van der Waals surface area contributed by atoms with Crippen LogP contribution in [0.15, 0.2) is 0 Å². The van der Waals surface area contributed by atoms with Gasteiger partial charge >= 0.3 is 0 Å². The zero-order valence-electron chi connectivity index (χ0n) is 6.81. The minimum atomic E-state index is 0.0203. The summed E-state index contributed by atoms with van der Waals surface area (Å²) in [7, 11) is 0. The van der Waals surface area contributed by atoms with Crippen LogP contribution in [-0.2, 0) is 4.79 Å². The highest BCUT2D eigenvalue weighted by Crippen LogP contribution is 2.22. The summed E-state index contributed by atoms with van der Waals surface area (Å²) in [5.41, 5.74) is 0. The van der Waals surface area contributed by atoms with Crippen LogP contribution in [-0.4, -0.2) is 5.78 Å².